The largest absolute Gasteiger partial charge is 0.497 e. The summed E-state index contributed by atoms with van der Waals surface area (Å²) >= 11 is 0. The normalized spacial score (nSPS) is 20.7. The van der Waals surface area contributed by atoms with Gasteiger partial charge in [0.1, 0.15) is 11.9 Å². The van der Waals surface area contributed by atoms with Crippen LogP contribution in [0.2, 0.25) is 0 Å². The van der Waals surface area contributed by atoms with Crippen molar-refractivity contribution in [3.8, 4) is 5.75 Å². The molecule has 1 atom stereocenters. The first-order valence-corrected chi connectivity index (χ1v) is 5.70. The number of benzene rings is 1. The van der Waals surface area contributed by atoms with Crippen molar-refractivity contribution in [1.82, 2.24) is 0 Å². The molecule has 1 aromatic carbocycles. The third-order valence-electron chi connectivity index (χ3n) is 3.39. The number of hydrogen-bond acceptors (Lipinski definition) is 3. The lowest BCUT2D eigenvalue weighted by Crippen LogP contribution is -2.32. The lowest BCUT2D eigenvalue weighted by atomic mass is 9.89. The van der Waals surface area contributed by atoms with Gasteiger partial charge in [0.05, 0.1) is 12.7 Å². The van der Waals surface area contributed by atoms with Crippen LogP contribution >= 0.6 is 0 Å². The van der Waals surface area contributed by atoms with Crippen LogP contribution in [-0.2, 0) is 0 Å². The molecule has 2 rings (SSSR count). The molecule has 0 spiro atoms. The molecule has 1 aromatic rings. The number of rotatable bonds is 3. The summed E-state index contributed by atoms with van der Waals surface area (Å²) in [4.78, 5) is 0. The fraction of sp³-hybridized carbons (Fsp3) is 0.538. The van der Waals surface area contributed by atoms with Crippen LogP contribution in [-0.4, -0.2) is 22.9 Å². The molecule has 0 heterocycles. The van der Waals surface area contributed by atoms with Gasteiger partial charge in [0.25, 0.3) is 0 Å². The van der Waals surface area contributed by atoms with Crippen LogP contribution in [0.4, 0.5) is 0 Å². The van der Waals surface area contributed by atoms with E-state index in [1.165, 1.54) is 0 Å². The summed E-state index contributed by atoms with van der Waals surface area (Å²) in [7, 11) is 1.59. The molecular formula is C13H18O3. The van der Waals surface area contributed by atoms with Gasteiger partial charge in [0, 0.05) is 0 Å². The van der Waals surface area contributed by atoms with Crippen molar-refractivity contribution in [2.45, 2.75) is 37.4 Å². The summed E-state index contributed by atoms with van der Waals surface area (Å²) in [6, 6.07) is 7.26. The number of aliphatic hydroxyl groups is 2. The van der Waals surface area contributed by atoms with Crippen molar-refractivity contribution < 1.29 is 14.9 Å². The van der Waals surface area contributed by atoms with E-state index in [1.807, 2.05) is 18.2 Å². The van der Waals surface area contributed by atoms with Crippen molar-refractivity contribution in [2.75, 3.05) is 7.11 Å². The molecule has 0 aliphatic heterocycles. The minimum absolute atomic E-state index is 0.672. The molecule has 2 N–H and O–H groups in total. The molecule has 0 amide bonds. The Kier molecular flexibility index (Phi) is 3.17. The van der Waals surface area contributed by atoms with Gasteiger partial charge in [0.2, 0.25) is 0 Å². The van der Waals surface area contributed by atoms with Crippen molar-refractivity contribution in [3.05, 3.63) is 29.8 Å². The van der Waals surface area contributed by atoms with Gasteiger partial charge >= 0.3 is 0 Å². The summed E-state index contributed by atoms with van der Waals surface area (Å²) in [5.41, 5.74) is -0.226. The summed E-state index contributed by atoms with van der Waals surface area (Å²) in [6.45, 7) is 0. The van der Waals surface area contributed by atoms with Crippen molar-refractivity contribution >= 4 is 0 Å². The second kappa shape index (κ2) is 4.44. The minimum Gasteiger partial charge on any atom is -0.497 e. The highest BCUT2D eigenvalue weighted by molar-refractivity contribution is 5.31. The SMILES string of the molecule is COc1cccc(C(O)C2(O)CCCC2)c1. The lowest BCUT2D eigenvalue weighted by molar-refractivity contribution is -0.0719. The Bertz CT molecular complexity index is 356. The van der Waals surface area contributed by atoms with Gasteiger partial charge in [-0.05, 0) is 30.5 Å². The number of ether oxygens (including phenoxy) is 1. The van der Waals surface area contributed by atoms with Crippen LogP contribution in [0.5, 0.6) is 5.75 Å². The predicted molar refractivity (Wildman–Crippen MR) is 61.4 cm³/mol. The van der Waals surface area contributed by atoms with Gasteiger partial charge in [-0.25, -0.2) is 0 Å². The Morgan fingerprint density at radius 2 is 2.00 bits per heavy atom. The molecule has 3 nitrogen and oxygen atoms in total. The van der Waals surface area contributed by atoms with Crippen LogP contribution in [0.1, 0.15) is 37.4 Å². The smallest absolute Gasteiger partial charge is 0.119 e. The Hall–Kier alpha value is -1.06. The standard InChI is InChI=1S/C13H18O3/c1-16-11-6-4-5-10(9-11)12(14)13(15)7-2-3-8-13/h4-6,9,12,14-15H,2-3,7-8H2,1H3. The molecule has 1 fully saturated rings. The molecule has 0 radical (unpaired) electrons. The first-order chi connectivity index (χ1) is 7.65. The molecule has 88 valence electrons. The van der Waals surface area contributed by atoms with E-state index in [9.17, 15) is 10.2 Å². The van der Waals surface area contributed by atoms with Crippen molar-refractivity contribution in [2.24, 2.45) is 0 Å². The molecule has 1 unspecified atom stereocenters. The summed E-state index contributed by atoms with van der Waals surface area (Å²) in [6.07, 6.45) is 2.50. The highest BCUT2D eigenvalue weighted by atomic mass is 16.5. The zero-order valence-corrected chi connectivity index (χ0v) is 9.52. The fourth-order valence-corrected chi connectivity index (χ4v) is 2.38. The van der Waals surface area contributed by atoms with Gasteiger partial charge in [-0.2, -0.15) is 0 Å². The molecule has 1 saturated carbocycles. The number of aliphatic hydroxyl groups excluding tert-OH is 1. The molecule has 1 aliphatic rings. The Balaban J connectivity index is 2.22. The van der Waals surface area contributed by atoms with E-state index in [0.717, 1.165) is 18.4 Å². The quantitative estimate of drug-likeness (QED) is 0.822. The maximum Gasteiger partial charge on any atom is 0.119 e. The average Bonchev–Trinajstić information content (AvgIpc) is 2.76. The Morgan fingerprint density at radius 1 is 1.31 bits per heavy atom. The van der Waals surface area contributed by atoms with Crippen LogP contribution in [0.3, 0.4) is 0 Å². The van der Waals surface area contributed by atoms with E-state index < -0.39 is 11.7 Å². The van der Waals surface area contributed by atoms with E-state index in [-0.39, 0.29) is 0 Å². The second-order valence-electron chi connectivity index (χ2n) is 4.49. The first-order valence-electron chi connectivity index (χ1n) is 5.70. The van der Waals surface area contributed by atoms with Gasteiger partial charge in [-0.3, -0.25) is 0 Å². The van der Waals surface area contributed by atoms with Crippen LogP contribution in [0.15, 0.2) is 24.3 Å². The number of methoxy groups -OCH3 is 1. The molecule has 3 heteroatoms. The van der Waals surface area contributed by atoms with E-state index in [4.69, 9.17) is 4.74 Å². The monoisotopic (exact) mass is 222 g/mol. The zero-order valence-electron chi connectivity index (χ0n) is 9.52. The third kappa shape index (κ3) is 2.06. The minimum atomic E-state index is -0.952. The Labute approximate surface area is 95.7 Å². The number of hydrogen-bond donors (Lipinski definition) is 2. The van der Waals surface area contributed by atoms with Crippen LogP contribution < -0.4 is 4.74 Å². The van der Waals surface area contributed by atoms with Gasteiger partial charge < -0.3 is 14.9 Å². The molecule has 1 aliphatic carbocycles. The van der Waals surface area contributed by atoms with Crippen molar-refractivity contribution in [1.29, 1.82) is 0 Å². The average molecular weight is 222 g/mol. The van der Waals surface area contributed by atoms with Crippen LogP contribution in [0, 0.1) is 0 Å². The summed E-state index contributed by atoms with van der Waals surface area (Å²) < 4.78 is 5.11. The topological polar surface area (TPSA) is 49.7 Å². The van der Waals surface area contributed by atoms with Gasteiger partial charge in [-0.1, -0.05) is 25.0 Å². The van der Waals surface area contributed by atoms with E-state index in [0.29, 0.717) is 18.6 Å². The Morgan fingerprint density at radius 3 is 2.62 bits per heavy atom. The van der Waals surface area contributed by atoms with E-state index >= 15 is 0 Å². The first kappa shape index (κ1) is 11.4. The molecular weight excluding hydrogens is 204 g/mol. The lowest BCUT2D eigenvalue weighted by Gasteiger charge is -2.28. The maximum atomic E-state index is 10.3. The molecule has 0 aromatic heterocycles. The van der Waals surface area contributed by atoms with Crippen molar-refractivity contribution in [3.63, 3.8) is 0 Å². The highest BCUT2D eigenvalue weighted by Crippen LogP contribution is 2.40. The molecule has 0 bridgehead atoms. The van der Waals surface area contributed by atoms with E-state index in [1.54, 1.807) is 13.2 Å². The highest BCUT2D eigenvalue weighted by Gasteiger charge is 2.39. The molecule has 0 saturated heterocycles. The zero-order chi connectivity index (χ0) is 11.6. The summed E-state index contributed by atoms with van der Waals surface area (Å²) in [5, 5.41) is 20.5. The van der Waals surface area contributed by atoms with Gasteiger partial charge in [0.15, 0.2) is 0 Å². The van der Waals surface area contributed by atoms with E-state index in [2.05, 4.69) is 0 Å². The predicted octanol–water partition coefficient (Wildman–Crippen LogP) is 2.03. The van der Waals surface area contributed by atoms with Gasteiger partial charge in [-0.15, -0.1) is 0 Å². The third-order valence-corrected chi connectivity index (χ3v) is 3.39. The molecule has 16 heavy (non-hydrogen) atoms. The summed E-state index contributed by atoms with van der Waals surface area (Å²) in [5.74, 6) is 0.707. The fourth-order valence-electron chi connectivity index (χ4n) is 2.38. The maximum absolute atomic E-state index is 10.3. The second-order valence-corrected chi connectivity index (χ2v) is 4.49. The van der Waals surface area contributed by atoms with Crippen LogP contribution in [0.25, 0.3) is 0 Å².